The summed E-state index contributed by atoms with van der Waals surface area (Å²) in [5, 5.41) is 3.36. The molecular formula is C25H30N2O. The number of benzene rings is 2. The molecule has 0 spiro atoms. The van der Waals surface area contributed by atoms with Crippen LogP contribution in [-0.2, 0) is 10.2 Å². The molecule has 1 saturated carbocycles. The minimum absolute atomic E-state index is 0.00212. The molecule has 1 amide bonds. The van der Waals surface area contributed by atoms with Crippen molar-refractivity contribution >= 4 is 5.91 Å². The largest absolute Gasteiger partial charge is 0.354 e. The summed E-state index contributed by atoms with van der Waals surface area (Å²) >= 11 is 0. The van der Waals surface area contributed by atoms with Gasteiger partial charge in [-0.1, -0.05) is 67.1 Å². The van der Waals surface area contributed by atoms with Crippen molar-refractivity contribution in [2.45, 2.75) is 49.5 Å². The lowest BCUT2D eigenvalue weighted by atomic mass is 9.55. The summed E-state index contributed by atoms with van der Waals surface area (Å²) in [6, 6.07) is 21.6. The number of nitrogens with zero attached hydrogens (tertiary/aromatic N) is 1. The lowest BCUT2D eigenvalue weighted by Crippen LogP contribution is -2.60. The molecule has 1 N–H and O–H groups in total. The Hall–Kier alpha value is -2.13. The Morgan fingerprint density at radius 3 is 2.07 bits per heavy atom. The first-order chi connectivity index (χ1) is 13.7. The summed E-state index contributed by atoms with van der Waals surface area (Å²) < 4.78 is 0. The Kier molecular flexibility index (Phi) is 4.51. The third-order valence-corrected chi connectivity index (χ3v) is 7.61. The van der Waals surface area contributed by atoms with Gasteiger partial charge in [0.2, 0.25) is 5.91 Å². The van der Waals surface area contributed by atoms with Gasteiger partial charge in [0.25, 0.3) is 0 Å². The molecule has 3 heteroatoms. The number of carbonyl (C=O) groups excluding carboxylic acids is 1. The number of amides is 1. The second-order valence-electron chi connectivity index (χ2n) is 8.96. The molecule has 1 aliphatic carbocycles. The van der Waals surface area contributed by atoms with E-state index in [4.69, 9.17) is 0 Å². The highest BCUT2D eigenvalue weighted by Crippen LogP contribution is 2.55. The first-order valence-corrected chi connectivity index (χ1v) is 10.9. The maximum atomic E-state index is 13.3. The van der Waals surface area contributed by atoms with Crippen LogP contribution in [0.2, 0.25) is 0 Å². The van der Waals surface area contributed by atoms with E-state index in [1.807, 2.05) is 0 Å². The van der Waals surface area contributed by atoms with Crippen LogP contribution in [0.25, 0.3) is 0 Å². The Morgan fingerprint density at radius 1 is 0.857 bits per heavy atom. The smallest absolute Gasteiger partial charge is 0.224 e. The summed E-state index contributed by atoms with van der Waals surface area (Å²) in [5.41, 5.74) is 2.40. The van der Waals surface area contributed by atoms with E-state index in [1.54, 1.807) is 0 Å². The van der Waals surface area contributed by atoms with Crippen molar-refractivity contribution < 1.29 is 4.79 Å². The van der Waals surface area contributed by atoms with Crippen molar-refractivity contribution in [2.75, 3.05) is 19.6 Å². The average Bonchev–Trinajstić information content (AvgIpc) is 3.03. The van der Waals surface area contributed by atoms with Gasteiger partial charge in [-0.2, -0.15) is 0 Å². The van der Waals surface area contributed by atoms with Crippen molar-refractivity contribution in [1.82, 2.24) is 10.2 Å². The van der Waals surface area contributed by atoms with E-state index in [-0.39, 0.29) is 22.8 Å². The summed E-state index contributed by atoms with van der Waals surface area (Å²) in [6.07, 6.45) is 7.01. The second kappa shape index (κ2) is 7.04. The van der Waals surface area contributed by atoms with Gasteiger partial charge in [0, 0.05) is 17.5 Å². The van der Waals surface area contributed by atoms with Gasteiger partial charge in [-0.15, -0.1) is 0 Å². The fraction of sp³-hybridized carbons (Fsp3) is 0.480. The Balaban J connectivity index is 1.70. The number of carbonyl (C=O) groups is 1. The van der Waals surface area contributed by atoms with Crippen LogP contribution in [0.15, 0.2) is 60.7 Å². The zero-order chi connectivity index (χ0) is 19.0. The second-order valence-corrected chi connectivity index (χ2v) is 8.96. The molecule has 146 valence electrons. The van der Waals surface area contributed by atoms with Crippen LogP contribution >= 0.6 is 0 Å². The summed E-state index contributed by atoms with van der Waals surface area (Å²) in [4.78, 5) is 16.1. The first-order valence-electron chi connectivity index (χ1n) is 10.9. The van der Waals surface area contributed by atoms with E-state index in [2.05, 4.69) is 70.9 Å². The van der Waals surface area contributed by atoms with Gasteiger partial charge in [-0.25, -0.2) is 0 Å². The van der Waals surface area contributed by atoms with Crippen LogP contribution < -0.4 is 5.32 Å². The predicted octanol–water partition coefficient (Wildman–Crippen LogP) is 4.13. The molecule has 28 heavy (non-hydrogen) atoms. The number of hydrogen-bond acceptors (Lipinski definition) is 2. The van der Waals surface area contributed by atoms with Crippen LogP contribution in [0.5, 0.6) is 0 Å². The maximum Gasteiger partial charge on any atom is 0.224 e. The monoisotopic (exact) mass is 374 g/mol. The summed E-state index contributed by atoms with van der Waals surface area (Å²) in [6.45, 7) is 3.13. The van der Waals surface area contributed by atoms with Crippen molar-refractivity contribution in [3.8, 4) is 0 Å². The molecule has 3 saturated heterocycles. The fourth-order valence-electron chi connectivity index (χ4n) is 6.26. The minimum Gasteiger partial charge on any atom is -0.354 e. The molecule has 4 aliphatic rings. The molecule has 0 radical (unpaired) electrons. The Labute approximate surface area is 168 Å². The maximum absolute atomic E-state index is 13.3. The molecule has 2 bridgehead atoms. The van der Waals surface area contributed by atoms with Gasteiger partial charge in [-0.05, 0) is 56.3 Å². The molecule has 3 nitrogen and oxygen atoms in total. The third kappa shape index (κ3) is 2.71. The van der Waals surface area contributed by atoms with Crippen LogP contribution in [0.3, 0.4) is 0 Å². The van der Waals surface area contributed by atoms with Crippen LogP contribution in [0.4, 0.5) is 0 Å². The molecule has 0 aromatic heterocycles. The van der Waals surface area contributed by atoms with Gasteiger partial charge < -0.3 is 5.32 Å². The minimum atomic E-state index is -0.251. The van der Waals surface area contributed by atoms with E-state index < -0.39 is 0 Å². The fourth-order valence-corrected chi connectivity index (χ4v) is 6.26. The Morgan fingerprint density at radius 2 is 1.46 bits per heavy atom. The lowest BCUT2D eigenvalue weighted by Gasteiger charge is -2.54. The number of nitrogens with one attached hydrogen (secondary N) is 1. The first kappa shape index (κ1) is 17.9. The number of fused-ring (bicyclic) bond motifs is 4. The van der Waals surface area contributed by atoms with Crippen LogP contribution in [0, 0.1) is 5.92 Å². The van der Waals surface area contributed by atoms with Gasteiger partial charge in [0.1, 0.15) is 0 Å². The highest BCUT2D eigenvalue weighted by atomic mass is 16.2. The lowest BCUT2D eigenvalue weighted by molar-refractivity contribution is -0.126. The molecule has 2 unspecified atom stereocenters. The zero-order valence-electron chi connectivity index (χ0n) is 16.6. The van der Waals surface area contributed by atoms with Gasteiger partial charge >= 0.3 is 0 Å². The third-order valence-electron chi connectivity index (χ3n) is 7.61. The Bertz CT molecular complexity index is 789. The van der Waals surface area contributed by atoms with E-state index in [9.17, 15) is 4.79 Å². The van der Waals surface area contributed by atoms with Crippen molar-refractivity contribution in [1.29, 1.82) is 0 Å². The molecule has 2 atom stereocenters. The van der Waals surface area contributed by atoms with Gasteiger partial charge in [0.05, 0.1) is 5.92 Å². The molecule has 6 rings (SSSR count). The molecule has 3 heterocycles. The van der Waals surface area contributed by atoms with E-state index in [0.717, 1.165) is 25.8 Å². The topological polar surface area (TPSA) is 32.3 Å². The number of piperidine rings is 1. The van der Waals surface area contributed by atoms with Gasteiger partial charge in [-0.3, -0.25) is 9.69 Å². The average molecular weight is 375 g/mol. The van der Waals surface area contributed by atoms with Crippen LogP contribution in [-0.4, -0.2) is 36.0 Å². The van der Waals surface area contributed by atoms with Crippen molar-refractivity contribution in [3.05, 3.63) is 71.8 Å². The van der Waals surface area contributed by atoms with Crippen molar-refractivity contribution in [2.24, 2.45) is 5.92 Å². The standard InChI is InChI=1S/C25H30N2O/c28-23-22-14-15-24(19-26-23,27-16-8-3-9-17-27)18-25(22,20-10-4-1-5-11-20)21-12-6-2-7-13-21/h1-2,4-7,10-13,22H,3,8-9,14-19H2,(H,26,28). The SMILES string of the molecule is O=C1NCC2(N3CCCCC3)CCC1C(c1ccccc1)(c1ccccc1)C2. The highest BCUT2D eigenvalue weighted by Gasteiger charge is 2.58. The van der Waals surface area contributed by atoms with E-state index in [1.165, 1.54) is 43.5 Å². The summed E-state index contributed by atoms with van der Waals surface area (Å²) in [7, 11) is 0. The van der Waals surface area contributed by atoms with Crippen molar-refractivity contribution in [3.63, 3.8) is 0 Å². The molecule has 3 aliphatic heterocycles. The number of rotatable bonds is 3. The van der Waals surface area contributed by atoms with E-state index >= 15 is 0 Å². The quantitative estimate of drug-likeness (QED) is 0.876. The highest BCUT2D eigenvalue weighted by molar-refractivity contribution is 5.83. The van der Waals surface area contributed by atoms with E-state index in [0.29, 0.717) is 0 Å². The van der Waals surface area contributed by atoms with Gasteiger partial charge in [0.15, 0.2) is 0 Å². The predicted molar refractivity (Wildman–Crippen MR) is 112 cm³/mol. The number of hydrogen-bond donors (Lipinski definition) is 1. The normalized spacial score (nSPS) is 29.9. The summed E-state index contributed by atoms with van der Waals surface area (Å²) in [5.74, 6) is 0.238. The van der Waals surface area contributed by atoms with Crippen LogP contribution in [0.1, 0.15) is 49.7 Å². The molecule has 2 aromatic rings. The molecule has 4 fully saturated rings. The number of likely N-dealkylation sites (tertiary alicyclic amines) is 1. The zero-order valence-corrected chi connectivity index (χ0v) is 16.6. The molecule has 2 aromatic carbocycles. The molecular weight excluding hydrogens is 344 g/mol.